The fourth-order valence-electron chi connectivity index (χ4n) is 3.39. The Labute approximate surface area is 149 Å². The van der Waals surface area contributed by atoms with E-state index in [4.69, 9.17) is 0 Å². The third-order valence-electron chi connectivity index (χ3n) is 4.92. The summed E-state index contributed by atoms with van der Waals surface area (Å²) in [4.78, 5) is 38.1. The van der Waals surface area contributed by atoms with Crippen LogP contribution in [0.25, 0.3) is 0 Å². The number of carboxylic acid groups (broad SMARTS) is 1. The van der Waals surface area contributed by atoms with Crippen molar-refractivity contribution in [3.05, 3.63) is 35.9 Å². The Morgan fingerprint density at radius 2 is 1.76 bits per heavy atom. The van der Waals surface area contributed by atoms with E-state index in [2.05, 4.69) is 0 Å². The molecule has 1 aliphatic rings. The van der Waals surface area contributed by atoms with Crippen molar-refractivity contribution in [1.82, 2.24) is 4.90 Å². The molecule has 0 spiro atoms. The minimum absolute atomic E-state index is 0.0218. The van der Waals surface area contributed by atoms with E-state index in [9.17, 15) is 19.5 Å². The molecule has 5 nitrogen and oxygen atoms in total. The first-order chi connectivity index (χ1) is 11.7. The monoisotopic (exact) mass is 345 g/mol. The highest BCUT2D eigenvalue weighted by Crippen LogP contribution is 2.30. The van der Waals surface area contributed by atoms with Gasteiger partial charge in [0.2, 0.25) is 5.91 Å². The van der Waals surface area contributed by atoms with Gasteiger partial charge in [0, 0.05) is 31.0 Å². The van der Waals surface area contributed by atoms with E-state index in [-0.39, 0.29) is 37.1 Å². The predicted molar refractivity (Wildman–Crippen MR) is 95.3 cm³/mol. The van der Waals surface area contributed by atoms with Gasteiger partial charge in [-0.2, -0.15) is 0 Å². The van der Waals surface area contributed by atoms with Gasteiger partial charge in [0.1, 0.15) is 0 Å². The van der Waals surface area contributed by atoms with Crippen LogP contribution >= 0.6 is 0 Å². The van der Waals surface area contributed by atoms with Gasteiger partial charge in [0.25, 0.3) is 0 Å². The molecule has 1 aromatic carbocycles. The first kappa shape index (κ1) is 19.2. The third-order valence-corrected chi connectivity index (χ3v) is 4.92. The zero-order valence-electron chi connectivity index (χ0n) is 15.2. The van der Waals surface area contributed by atoms with E-state index >= 15 is 0 Å². The predicted octanol–water partition coefficient (Wildman–Crippen LogP) is 3.39. The maximum Gasteiger partial charge on any atom is 0.308 e. The highest BCUT2D eigenvalue weighted by atomic mass is 16.4. The lowest BCUT2D eigenvalue weighted by Gasteiger charge is -2.38. The van der Waals surface area contributed by atoms with E-state index in [1.54, 1.807) is 17.0 Å². The standard InChI is InChI=1S/C20H27NO4/c1-14-9-10-16(19(24)25)13-21(14)18(23)12-20(2,3)11-17(22)15-7-5-4-6-8-15/h4-8,14,16H,9-13H2,1-3H3,(H,24,25). The molecule has 1 fully saturated rings. The number of Topliss-reactive ketones (excluding diaryl/α,β-unsaturated/α-hetero) is 1. The molecule has 1 aliphatic heterocycles. The number of ketones is 1. The van der Waals surface area contributed by atoms with Gasteiger partial charge in [-0.3, -0.25) is 14.4 Å². The van der Waals surface area contributed by atoms with Gasteiger partial charge in [-0.1, -0.05) is 44.2 Å². The van der Waals surface area contributed by atoms with Crippen molar-refractivity contribution in [1.29, 1.82) is 0 Å². The van der Waals surface area contributed by atoms with Crippen LogP contribution in [0.3, 0.4) is 0 Å². The first-order valence-electron chi connectivity index (χ1n) is 8.80. The van der Waals surface area contributed by atoms with Gasteiger partial charge in [0.15, 0.2) is 5.78 Å². The lowest BCUT2D eigenvalue weighted by Crippen LogP contribution is -2.48. The maximum atomic E-state index is 12.7. The summed E-state index contributed by atoms with van der Waals surface area (Å²) in [5.74, 6) is -1.38. The highest BCUT2D eigenvalue weighted by molar-refractivity contribution is 5.96. The van der Waals surface area contributed by atoms with E-state index in [1.807, 2.05) is 39.0 Å². The molecule has 5 heteroatoms. The summed E-state index contributed by atoms with van der Waals surface area (Å²) >= 11 is 0. The molecule has 0 aliphatic carbocycles. The Morgan fingerprint density at radius 3 is 2.36 bits per heavy atom. The summed E-state index contributed by atoms with van der Waals surface area (Å²) in [6.45, 7) is 6.04. The molecule has 25 heavy (non-hydrogen) atoms. The van der Waals surface area contributed by atoms with Gasteiger partial charge in [0.05, 0.1) is 5.92 Å². The average Bonchev–Trinajstić information content (AvgIpc) is 2.54. The second-order valence-electron chi connectivity index (χ2n) is 7.81. The molecule has 136 valence electrons. The molecule has 1 amide bonds. The Hall–Kier alpha value is -2.17. The van der Waals surface area contributed by atoms with Crippen molar-refractivity contribution < 1.29 is 19.5 Å². The van der Waals surface area contributed by atoms with Gasteiger partial charge in [-0.15, -0.1) is 0 Å². The minimum Gasteiger partial charge on any atom is -0.481 e. The lowest BCUT2D eigenvalue weighted by molar-refractivity contribution is -0.147. The van der Waals surface area contributed by atoms with Crippen LogP contribution in [0.4, 0.5) is 0 Å². The Kier molecular flexibility index (Phi) is 5.98. The summed E-state index contributed by atoms with van der Waals surface area (Å²) in [5, 5.41) is 9.22. The van der Waals surface area contributed by atoms with Gasteiger partial charge >= 0.3 is 5.97 Å². The number of hydrogen-bond acceptors (Lipinski definition) is 3. The van der Waals surface area contributed by atoms with E-state index in [0.29, 0.717) is 18.4 Å². The number of rotatable bonds is 6. The molecular weight excluding hydrogens is 318 g/mol. The topological polar surface area (TPSA) is 74.7 Å². The van der Waals surface area contributed by atoms with Crippen LogP contribution in [-0.2, 0) is 9.59 Å². The maximum absolute atomic E-state index is 12.7. The molecule has 0 radical (unpaired) electrons. The fourth-order valence-corrected chi connectivity index (χ4v) is 3.39. The van der Waals surface area contributed by atoms with E-state index in [0.717, 1.165) is 0 Å². The number of nitrogens with zero attached hydrogens (tertiary/aromatic N) is 1. The van der Waals surface area contributed by atoms with Crippen LogP contribution < -0.4 is 0 Å². The summed E-state index contributed by atoms with van der Waals surface area (Å²) in [5.41, 5.74) is 0.181. The van der Waals surface area contributed by atoms with Crippen molar-refractivity contribution in [3.8, 4) is 0 Å². The fraction of sp³-hybridized carbons (Fsp3) is 0.550. The molecule has 2 rings (SSSR count). The Morgan fingerprint density at radius 1 is 1.12 bits per heavy atom. The Balaban J connectivity index is 1.99. The smallest absolute Gasteiger partial charge is 0.308 e. The quantitative estimate of drug-likeness (QED) is 0.802. The number of aliphatic carboxylic acids is 1. The number of amides is 1. The van der Waals surface area contributed by atoms with Crippen LogP contribution in [0.15, 0.2) is 30.3 Å². The number of piperidine rings is 1. The van der Waals surface area contributed by atoms with Crippen LogP contribution in [0.5, 0.6) is 0 Å². The number of carbonyl (C=O) groups is 3. The average molecular weight is 345 g/mol. The SMILES string of the molecule is CC1CCC(C(=O)O)CN1C(=O)CC(C)(C)CC(=O)c1ccccc1. The first-order valence-corrected chi connectivity index (χ1v) is 8.80. The van der Waals surface area contributed by atoms with Crippen LogP contribution in [0.1, 0.15) is 56.8 Å². The van der Waals surface area contributed by atoms with Crippen LogP contribution in [0, 0.1) is 11.3 Å². The van der Waals surface area contributed by atoms with Crippen molar-refractivity contribution in [2.45, 2.75) is 52.5 Å². The van der Waals surface area contributed by atoms with Crippen molar-refractivity contribution in [3.63, 3.8) is 0 Å². The van der Waals surface area contributed by atoms with Gasteiger partial charge in [-0.05, 0) is 25.2 Å². The summed E-state index contributed by atoms with van der Waals surface area (Å²) in [7, 11) is 0. The second kappa shape index (κ2) is 7.81. The minimum atomic E-state index is -0.844. The number of likely N-dealkylation sites (tertiary alicyclic amines) is 1. The van der Waals surface area contributed by atoms with Crippen molar-refractivity contribution in [2.75, 3.05) is 6.54 Å². The summed E-state index contributed by atoms with van der Waals surface area (Å²) < 4.78 is 0. The third kappa shape index (κ3) is 5.15. The van der Waals surface area contributed by atoms with Crippen LogP contribution in [-0.4, -0.2) is 40.3 Å². The number of hydrogen-bond donors (Lipinski definition) is 1. The largest absolute Gasteiger partial charge is 0.481 e. The molecule has 2 atom stereocenters. The zero-order valence-corrected chi connectivity index (χ0v) is 15.2. The molecule has 0 saturated carbocycles. The Bertz CT molecular complexity index is 638. The second-order valence-corrected chi connectivity index (χ2v) is 7.81. The van der Waals surface area contributed by atoms with Crippen molar-refractivity contribution >= 4 is 17.7 Å². The number of carboxylic acids is 1. The van der Waals surface area contributed by atoms with Gasteiger partial charge in [-0.25, -0.2) is 0 Å². The van der Waals surface area contributed by atoms with Crippen LogP contribution in [0.2, 0.25) is 0 Å². The molecular formula is C20H27NO4. The molecule has 1 heterocycles. The summed E-state index contributed by atoms with van der Waals surface area (Å²) in [6, 6.07) is 9.13. The molecule has 0 aromatic heterocycles. The molecule has 1 aromatic rings. The molecule has 1 saturated heterocycles. The lowest BCUT2D eigenvalue weighted by atomic mass is 9.81. The highest BCUT2D eigenvalue weighted by Gasteiger charge is 2.35. The molecule has 0 bridgehead atoms. The normalized spacial score (nSPS) is 21.0. The van der Waals surface area contributed by atoms with Crippen molar-refractivity contribution in [2.24, 2.45) is 11.3 Å². The van der Waals surface area contributed by atoms with E-state index < -0.39 is 17.3 Å². The zero-order chi connectivity index (χ0) is 18.6. The van der Waals surface area contributed by atoms with Gasteiger partial charge < -0.3 is 10.0 Å². The molecule has 2 unspecified atom stereocenters. The van der Waals surface area contributed by atoms with E-state index in [1.165, 1.54) is 0 Å². The number of carbonyl (C=O) groups excluding carboxylic acids is 2. The summed E-state index contributed by atoms with van der Waals surface area (Å²) in [6.07, 6.45) is 1.83. The number of benzene rings is 1. The molecule has 1 N–H and O–H groups in total.